The summed E-state index contributed by atoms with van der Waals surface area (Å²) in [6.07, 6.45) is -4.29. The van der Waals surface area contributed by atoms with E-state index in [1.807, 2.05) is 31.2 Å². The van der Waals surface area contributed by atoms with E-state index < -0.39 is 11.7 Å². The molecule has 0 aliphatic heterocycles. The average molecular weight is 293 g/mol. The van der Waals surface area contributed by atoms with Gasteiger partial charge >= 0.3 is 6.18 Å². The van der Waals surface area contributed by atoms with Crippen LogP contribution >= 0.6 is 0 Å². The second-order valence-electron chi connectivity index (χ2n) is 5.00. The van der Waals surface area contributed by atoms with Gasteiger partial charge in [0, 0.05) is 6.54 Å². The predicted octanol–water partition coefficient (Wildman–Crippen LogP) is 4.79. The lowest BCUT2D eigenvalue weighted by atomic mass is 9.97. The molecule has 0 heterocycles. The Labute approximate surface area is 122 Å². The highest BCUT2D eigenvalue weighted by molar-refractivity contribution is 5.67. The smallest absolute Gasteiger partial charge is 0.313 e. The highest BCUT2D eigenvalue weighted by atomic mass is 19.4. The molecular weight excluding hydrogens is 275 g/mol. The van der Waals surface area contributed by atoms with Gasteiger partial charge in [0.1, 0.15) is 0 Å². The Kier molecular flexibility index (Phi) is 4.68. The van der Waals surface area contributed by atoms with Crippen molar-refractivity contribution in [2.45, 2.75) is 26.6 Å². The molecule has 0 aliphatic carbocycles. The van der Waals surface area contributed by atoms with Crippen LogP contribution in [0.5, 0.6) is 0 Å². The summed E-state index contributed by atoms with van der Waals surface area (Å²) in [5, 5.41) is 3.23. The van der Waals surface area contributed by atoms with E-state index in [-0.39, 0.29) is 0 Å². The maximum Gasteiger partial charge on any atom is 0.416 e. The molecule has 2 aromatic carbocycles. The highest BCUT2D eigenvalue weighted by Gasteiger charge is 2.30. The van der Waals surface area contributed by atoms with E-state index in [1.165, 1.54) is 12.1 Å². The molecule has 4 heteroatoms. The third-order valence-electron chi connectivity index (χ3n) is 3.40. The minimum atomic E-state index is -4.29. The Balaban J connectivity index is 2.26. The van der Waals surface area contributed by atoms with Gasteiger partial charge in [0.25, 0.3) is 0 Å². The molecule has 1 nitrogen and oxygen atoms in total. The van der Waals surface area contributed by atoms with Gasteiger partial charge in [0.05, 0.1) is 5.56 Å². The summed E-state index contributed by atoms with van der Waals surface area (Å²) in [6, 6.07) is 11.8. The van der Waals surface area contributed by atoms with Gasteiger partial charge in [-0.3, -0.25) is 0 Å². The SMILES string of the molecule is CCNCc1ccc(-c2ccc(C(F)(F)F)cc2C)cc1. The maximum absolute atomic E-state index is 12.7. The number of rotatable bonds is 4. The molecule has 2 rings (SSSR count). The molecule has 1 N–H and O–H groups in total. The van der Waals surface area contributed by atoms with Crippen molar-refractivity contribution in [3.63, 3.8) is 0 Å². The molecule has 0 radical (unpaired) electrons. The number of halogens is 3. The van der Waals surface area contributed by atoms with Crippen LogP contribution < -0.4 is 5.32 Å². The molecule has 21 heavy (non-hydrogen) atoms. The molecule has 0 bridgehead atoms. The van der Waals surface area contributed by atoms with Crippen molar-refractivity contribution in [1.82, 2.24) is 5.32 Å². The first-order valence-electron chi connectivity index (χ1n) is 6.89. The first-order valence-corrected chi connectivity index (χ1v) is 6.89. The summed E-state index contributed by atoms with van der Waals surface area (Å²) in [5.41, 5.74) is 2.95. The van der Waals surface area contributed by atoms with Crippen LogP contribution in [0, 0.1) is 6.92 Å². The third-order valence-corrected chi connectivity index (χ3v) is 3.40. The maximum atomic E-state index is 12.7. The zero-order valence-corrected chi connectivity index (χ0v) is 12.1. The fourth-order valence-corrected chi connectivity index (χ4v) is 2.24. The van der Waals surface area contributed by atoms with Gasteiger partial charge in [0.2, 0.25) is 0 Å². The Hall–Kier alpha value is -1.81. The van der Waals surface area contributed by atoms with Gasteiger partial charge in [-0.15, -0.1) is 0 Å². The van der Waals surface area contributed by atoms with Crippen LogP contribution in [0.3, 0.4) is 0 Å². The number of nitrogens with one attached hydrogen (secondary N) is 1. The molecule has 0 atom stereocenters. The van der Waals surface area contributed by atoms with Gasteiger partial charge in [-0.05, 0) is 47.9 Å². The first kappa shape index (κ1) is 15.6. The molecule has 2 aromatic rings. The second kappa shape index (κ2) is 6.31. The Morgan fingerprint density at radius 2 is 1.67 bits per heavy atom. The van der Waals surface area contributed by atoms with Crippen molar-refractivity contribution in [2.24, 2.45) is 0 Å². The monoisotopic (exact) mass is 293 g/mol. The summed E-state index contributed by atoms with van der Waals surface area (Å²) in [6.45, 7) is 5.44. The van der Waals surface area contributed by atoms with Crippen LogP contribution in [0.25, 0.3) is 11.1 Å². The molecule has 0 spiro atoms. The van der Waals surface area contributed by atoms with Crippen molar-refractivity contribution in [3.05, 3.63) is 59.2 Å². The molecule has 0 saturated carbocycles. The number of benzene rings is 2. The van der Waals surface area contributed by atoms with Crippen molar-refractivity contribution in [2.75, 3.05) is 6.54 Å². The van der Waals surface area contributed by atoms with Crippen LogP contribution in [-0.4, -0.2) is 6.54 Å². The molecule has 0 aromatic heterocycles. The quantitative estimate of drug-likeness (QED) is 0.854. The standard InChI is InChI=1S/C17H18F3N/c1-3-21-11-13-4-6-14(7-5-13)16-9-8-15(10-12(16)2)17(18,19)20/h4-10,21H,3,11H2,1-2H3. The van der Waals surface area contributed by atoms with Crippen LogP contribution in [0.2, 0.25) is 0 Å². The minimum Gasteiger partial charge on any atom is -0.313 e. The van der Waals surface area contributed by atoms with Gasteiger partial charge in [-0.25, -0.2) is 0 Å². The first-order chi connectivity index (χ1) is 9.91. The van der Waals surface area contributed by atoms with Crippen molar-refractivity contribution in [1.29, 1.82) is 0 Å². The Morgan fingerprint density at radius 3 is 2.19 bits per heavy atom. The molecule has 0 amide bonds. The molecule has 112 valence electrons. The number of hydrogen-bond acceptors (Lipinski definition) is 1. The summed E-state index contributed by atoms with van der Waals surface area (Å²) >= 11 is 0. The van der Waals surface area contributed by atoms with E-state index in [4.69, 9.17) is 0 Å². The van der Waals surface area contributed by atoms with E-state index in [0.29, 0.717) is 5.56 Å². The van der Waals surface area contributed by atoms with Crippen LogP contribution in [0.1, 0.15) is 23.6 Å². The second-order valence-corrected chi connectivity index (χ2v) is 5.00. The normalized spacial score (nSPS) is 11.7. The number of hydrogen-bond donors (Lipinski definition) is 1. The largest absolute Gasteiger partial charge is 0.416 e. The fraction of sp³-hybridized carbons (Fsp3) is 0.294. The predicted molar refractivity (Wildman–Crippen MR) is 79.0 cm³/mol. The van der Waals surface area contributed by atoms with Crippen LogP contribution in [0.4, 0.5) is 13.2 Å². The number of alkyl halides is 3. The van der Waals surface area contributed by atoms with Gasteiger partial charge in [-0.2, -0.15) is 13.2 Å². The van der Waals surface area contributed by atoms with Gasteiger partial charge in [-0.1, -0.05) is 37.3 Å². The summed E-state index contributed by atoms with van der Waals surface area (Å²) < 4.78 is 38.0. The average Bonchev–Trinajstić information content (AvgIpc) is 2.45. The third kappa shape index (κ3) is 3.85. The fourth-order valence-electron chi connectivity index (χ4n) is 2.24. The van der Waals surface area contributed by atoms with E-state index in [0.717, 1.165) is 35.8 Å². The zero-order valence-electron chi connectivity index (χ0n) is 12.1. The number of aryl methyl sites for hydroxylation is 1. The lowest BCUT2D eigenvalue weighted by Crippen LogP contribution is -2.11. The zero-order chi connectivity index (χ0) is 15.5. The van der Waals surface area contributed by atoms with E-state index in [1.54, 1.807) is 6.92 Å². The summed E-state index contributed by atoms with van der Waals surface area (Å²) in [5.74, 6) is 0. The topological polar surface area (TPSA) is 12.0 Å². The van der Waals surface area contributed by atoms with E-state index >= 15 is 0 Å². The van der Waals surface area contributed by atoms with E-state index in [2.05, 4.69) is 5.32 Å². The van der Waals surface area contributed by atoms with Crippen molar-refractivity contribution in [3.8, 4) is 11.1 Å². The summed E-state index contributed by atoms with van der Waals surface area (Å²) in [4.78, 5) is 0. The molecule has 0 fully saturated rings. The lowest BCUT2D eigenvalue weighted by Gasteiger charge is -2.12. The Morgan fingerprint density at radius 1 is 1.00 bits per heavy atom. The molecular formula is C17H18F3N. The highest BCUT2D eigenvalue weighted by Crippen LogP contribution is 2.33. The summed E-state index contributed by atoms with van der Waals surface area (Å²) in [7, 11) is 0. The van der Waals surface area contributed by atoms with E-state index in [9.17, 15) is 13.2 Å². The van der Waals surface area contributed by atoms with Crippen LogP contribution in [-0.2, 0) is 12.7 Å². The molecule has 0 aliphatic rings. The lowest BCUT2D eigenvalue weighted by molar-refractivity contribution is -0.137. The van der Waals surface area contributed by atoms with Crippen molar-refractivity contribution < 1.29 is 13.2 Å². The molecule has 0 unspecified atom stereocenters. The molecule has 0 saturated heterocycles. The Bertz CT molecular complexity index is 600. The van der Waals surface area contributed by atoms with Gasteiger partial charge < -0.3 is 5.32 Å². The van der Waals surface area contributed by atoms with Crippen LogP contribution in [0.15, 0.2) is 42.5 Å². The van der Waals surface area contributed by atoms with Crippen molar-refractivity contribution >= 4 is 0 Å². The minimum absolute atomic E-state index is 0.604. The van der Waals surface area contributed by atoms with Gasteiger partial charge in [0.15, 0.2) is 0 Å².